The fourth-order valence-corrected chi connectivity index (χ4v) is 2.10. The molecule has 0 radical (unpaired) electrons. The molecule has 1 aromatic rings. The van der Waals surface area contributed by atoms with Crippen molar-refractivity contribution in [3.63, 3.8) is 0 Å². The molecular formula is C17H24N2O3. The number of carbonyl (C=O) groups is 2. The number of benzene rings is 1. The molecule has 0 fully saturated rings. The molecule has 0 atom stereocenters. The van der Waals surface area contributed by atoms with E-state index in [2.05, 4.69) is 11.9 Å². The van der Waals surface area contributed by atoms with E-state index in [1.165, 1.54) is 6.92 Å². The number of hydrogen-bond acceptors (Lipinski definition) is 3. The molecule has 5 heteroatoms. The predicted octanol–water partition coefficient (Wildman–Crippen LogP) is 1.78. The Kier molecular flexibility index (Phi) is 7.75. The molecule has 2 amide bonds. The quantitative estimate of drug-likeness (QED) is 0.708. The maximum absolute atomic E-state index is 11.8. The van der Waals surface area contributed by atoms with Gasteiger partial charge in [0.2, 0.25) is 11.8 Å². The first-order valence-corrected chi connectivity index (χ1v) is 7.33. The van der Waals surface area contributed by atoms with Crippen molar-refractivity contribution < 1.29 is 14.3 Å². The third-order valence-electron chi connectivity index (χ3n) is 3.31. The number of hydrogen-bond donors (Lipinski definition) is 1. The van der Waals surface area contributed by atoms with Crippen LogP contribution in [0.25, 0.3) is 0 Å². The Morgan fingerprint density at radius 1 is 1.36 bits per heavy atom. The van der Waals surface area contributed by atoms with Gasteiger partial charge in [0, 0.05) is 33.0 Å². The van der Waals surface area contributed by atoms with E-state index in [4.69, 9.17) is 4.74 Å². The highest BCUT2D eigenvalue weighted by molar-refractivity contribution is 5.78. The van der Waals surface area contributed by atoms with Gasteiger partial charge in [-0.25, -0.2) is 0 Å². The van der Waals surface area contributed by atoms with Crippen LogP contribution in [0, 0.1) is 0 Å². The van der Waals surface area contributed by atoms with Gasteiger partial charge in [0.05, 0.1) is 7.11 Å². The van der Waals surface area contributed by atoms with Crippen molar-refractivity contribution in [3.8, 4) is 5.75 Å². The highest BCUT2D eigenvalue weighted by atomic mass is 16.5. The number of ether oxygens (including phenoxy) is 1. The van der Waals surface area contributed by atoms with Crippen LogP contribution in [-0.4, -0.2) is 43.5 Å². The molecule has 0 aliphatic carbocycles. The third-order valence-corrected chi connectivity index (χ3v) is 3.31. The molecule has 22 heavy (non-hydrogen) atoms. The molecule has 1 N–H and O–H groups in total. The van der Waals surface area contributed by atoms with Crippen LogP contribution < -0.4 is 10.1 Å². The van der Waals surface area contributed by atoms with Gasteiger partial charge in [0.15, 0.2) is 0 Å². The van der Waals surface area contributed by atoms with Gasteiger partial charge in [-0.05, 0) is 18.1 Å². The van der Waals surface area contributed by atoms with Crippen molar-refractivity contribution in [2.45, 2.75) is 19.8 Å². The average molecular weight is 304 g/mol. The largest absolute Gasteiger partial charge is 0.496 e. The van der Waals surface area contributed by atoms with Gasteiger partial charge in [0.1, 0.15) is 5.75 Å². The summed E-state index contributed by atoms with van der Waals surface area (Å²) in [6.45, 7) is 6.50. The molecule has 1 rings (SSSR count). The maximum atomic E-state index is 11.8. The SMILES string of the molecule is C=CCN(CCC(=O)NCCc1ccccc1OC)C(C)=O. The standard InChI is InChI=1S/C17H24N2O3/c1-4-12-19(14(2)20)13-10-17(21)18-11-9-15-7-5-6-8-16(15)22-3/h4-8H,1,9-13H2,2-3H3,(H,18,21). The van der Waals surface area contributed by atoms with Crippen LogP contribution in [0.15, 0.2) is 36.9 Å². The van der Waals surface area contributed by atoms with Gasteiger partial charge in [-0.15, -0.1) is 6.58 Å². The molecule has 5 nitrogen and oxygen atoms in total. The highest BCUT2D eigenvalue weighted by Gasteiger charge is 2.09. The summed E-state index contributed by atoms with van der Waals surface area (Å²) >= 11 is 0. The minimum atomic E-state index is -0.0646. The van der Waals surface area contributed by atoms with Gasteiger partial charge in [-0.2, -0.15) is 0 Å². The second-order valence-corrected chi connectivity index (χ2v) is 4.92. The first kappa shape index (κ1) is 17.8. The van der Waals surface area contributed by atoms with Gasteiger partial charge in [-0.3, -0.25) is 9.59 Å². The summed E-state index contributed by atoms with van der Waals surface area (Å²) in [6.07, 6.45) is 2.65. The van der Waals surface area contributed by atoms with Crippen molar-refractivity contribution in [2.24, 2.45) is 0 Å². The molecule has 0 aliphatic heterocycles. The topological polar surface area (TPSA) is 58.6 Å². The maximum Gasteiger partial charge on any atom is 0.221 e. The summed E-state index contributed by atoms with van der Waals surface area (Å²) < 4.78 is 5.27. The number of para-hydroxylation sites is 1. The Balaban J connectivity index is 2.34. The zero-order chi connectivity index (χ0) is 16.4. The van der Waals surface area contributed by atoms with Crippen molar-refractivity contribution in [1.82, 2.24) is 10.2 Å². The Morgan fingerprint density at radius 3 is 2.73 bits per heavy atom. The Hall–Kier alpha value is -2.30. The monoisotopic (exact) mass is 304 g/mol. The van der Waals surface area contributed by atoms with Crippen LogP contribution >= 0.6 is 0 Å². The molecule has 0 aromatic heterocycles. The Labute approximate surface area is 132 Å². The minimum absolute atomic E-state index is 0.0540. The van der Waals surface area contributed by atoms with Crippen LogP contribution in [0.3, 0.4) is 0 Å². The highest BCUT2D eigenvalue weighted by Crippen LogP contribution is 2.17. The van der Waals surface area contributed by atoms with Gasteiger partial charge in [0.25, 0.3) is 0 Å². The van der Waals surface area contributed by atoms with E-state index in [0.29, 0.717) is 32.5 Å². The normalized spacial score (nSPS) is 9.91. The molecule has 0 bridgehead atoms. The number of carbonyl (C=O) groups excluding carboxylic acids is 2. The first-order valence-electron chi connectivity index (χ1n) is 7.33. The Bertz CT molecular complexity index is 514. The fraction of sp³-hybridized carbons (Fsp3) is 0.412. The van der Waals surface area contributed by atoms with Crippen LogP contribution in [0.4, 0.5) is 0 Å². The van der Waals surface area contributed by atoms with E-state index in [0.717, 1.165) is 11.3 Å². The van der Waals surface area contributed by atoms with Crippen molar-refractivity contribution >= 4 is 11.8 Å². The van der Waals surface area contributed by atoms with Crippen molar-refractivity contribution in [2.75, 3.05) is 26.7 Å². The Morgan fingerprint density at radius 2 is 2.09 bits per heavy atom. The summed E-state index contributed by atoms with van der Waals surface area (Å²) in [6, 6.07) is 7.74. The average Bonchev–Trinajstić information content (AvgIpc) is 2.51. The van der Waals surface area contributed by atoms with Crippen LogP contribution in [0.5, 0.6) is 5.75 Å². The molecular weight excluding hydrogens is 280 g/mol. The van der Waals surface area contributed by atoms with Gasteiger partial charge in [-0.1, -0.05) is 24.3 Å². The van der Waals surface area contributed by atoms with Crippen molar-refractivity contribution in [3.05, 3.63) is 42.5 Å². The number of rotatable bonds is 9. The van der Waals surface area contributed by atoms with E-state index >= 15 is 0 Å². The summed E-state index contributed by atoms with van der Waals surface area (Å²) in [5.74, 6) is 0.706. The van der Waals surface area contributed by atoms with E-state index in [1.807, 2.05) is 24.3 Å². The molecule has 0 unspecified atom stereocenters. The number of nitrogens with zero attached hydrogens (tertiary/aromatic N) is 1. The lowest BCUT2D eigenvalue weighted by Crippen LogP contribution is -2.34. The van der Waals surface area contributed by atoms with E-state index < -0.39 is 0 Å². The fourth-order valence-electron chi connectivity index (χ4n) is 2.10. The zero-order valence-electron chi connectivity index (χ0n) is 13.3. The molecule has 0 heterocycles. The molecule has 0 aliphatic rings. The van der Waals surface area contributed by atoms with E-state index in [9.17, 15) is 9.59 Å². The molecule has 0 saturated carbocycles. The van der Waals surface area contributed by atoms with Gasteiger partial charge >= 0.3 is 0 Å². The lowest BCUT2D eigenvalue weighted by molar-refractivity contribution is -0.129. The number of methoxy groups -OCH3 is 1. The summed E-state index contributed by atoms with van der Waals surface area (Å²) in [5, 5.41) is 2.86. The summed E-state index contributed by atoms with van der Waals surface area (Å²) in [5.41, 5.74) is 1.06. The number of amides is 2. The number of nitrogens with one attached hydrogen (secondary N) is 1. The zero-order valence-corrected chi connectivity index (χ0v) is 13.3. The molecule has 0 saturated heterocycles. The second-order valence-electron chi connectivity index (χ2n) is 4.92. The lowest BCUT2D eigenvalue weighted by atomic mass is 10.1. The van der Waals surface area contributed by atoms with E-state index in [1.54, 1.807) is 18.1 Å². The molecule has 1 aromatic carbocycles. The summed E-state index contributed by atoms with van der Waals surface area (Å²) in [4.78, 5) is 24.8. The third kappa shape index (κ3) is 5.99. The predicted molar refractivity (Wildman–Crippen MR) is 86.8 cm³/mol. The lowest BCUT2D eigenvalue weighted by Gasteiger charge is -2.18. The van der Waals surface area contributed by atoms with E-state index in [-0.39, 0.29) is 11.8 Å². The smallest absolute Gasteiger partial charge is 0.221 e. The minimum Gasteiger partial charge on any atom is -0.496 e. The second kappa shape index (κ2) is 9.60. The van der Waals surface area contributed by atoms with Crippen LogP contribution in [0.2, 0.25) is 0 Å². The molecule has 0 spiro atoms. The van der Waals surface area contributed by atoms with Crippen molar-refractivity contribution in [1.29, 1.82) is 0 Å². The van der Waals surface area contributed by atoms with Gasteiger partial charge < -0.3 is 15.0 Å². The first-order chi connectivity index (χ1) is 10.6. The van der Waals surface area contributed by atoms with Crippen LogP contribution in [0.1, 0.15) is 18.9 Å². The van der Waals surface area contributed by atoms with Crippen LogP contribution in [-0.2, 0) is 16.0 Å². The molecule has 120 valence electrons. The summed E-state index contributed by atoms with van der Waals surface area (Å²) in [7, 11) is 1.63.